The van der Waals surface area contributed by atoms with Crippen molar-refractivity contribution in [3.8, 4) is 0 Å². The van der Waals surface area contributed by atoms with E-state index in [4.69, 9.17) is 16.7 Å². The van der Waals surface area contributed by atoms with Crippen LogP contribution in [0.5, 0.6) is 0 Å². The number of carbonyl (C=O) groups is 1. The highest BCUT2D eigenvalue weighted by Crippen LogP contribution is 2.22. The van der Waals surface area contributed by atoms with Crippen molar-refractivity contribution in [1.29, 1.82) is 0 Å². The van der Waals surface area contributed by atoms with E-state index in [1.54, 1.807) is 12.1 Å². The Morgan fingerprint density at radius 3 is 2.67 bits per heavy atom. The van der Waals surface area contributed by atoms with Crippen molar-refractivity contribution < 1.29 is 23.1 Å². The summed E-state index contributed by atoms with van der Waals surface area (Å²) in [4.78, 5) is 14.0. The molecule has 0 spiro atoms. The molecule has 0 bridgehead atoms. The van der Waals surface area contributed by atoms with Crippen LogP contribution in [0, 0.1) is 0 Å². The lowest BCUT2D eigenvalue weighted by atomic mass is 10.1. The zero-order chi connectivity index (χ0) is 17.5. The number of halogens is 4. The van der Waals surface area contributed by atoms with Crippen molar-refractivity contribution in [3.05, 3.63) is 56.7 Å². The minimum atomic E-state index is -4.36. The molecule has 0 saturated heterocycles. The van der Waals surface area contributed by atoms with E-state index in [-0.39, 0.29) is 10.6 Å². The van der Waals surface area contributed by atoms with E-state index in [9.17, 15) is 18.0 Å². The molecule has 0 saturated carbocycles. The molecular weight excluding hydrogens is 345 g/mol. The number of benzene rings is 1. The van der Waals surface area contributed by atoms with Crippen LogP contribution in [-0.2, 0) is 6.42 Å². The van der Waals surface area contributed by atoms with Crippen LogP contribution in [-0.4, -0.2) is 28.3 Å². The van der Waals surface area contributed by atoms with Crippen molar-refractivity contribution >= 4 is 29.8 Å². The average molecular weight is 357 g/mol. The fourth-order valence-electron chi connectivity index (χ4n) is 2.55. The first-order valence-electron chi connectivity index (χ1n) is 6.98. The summed E-state index contributed by atoms with van der Waals surface area (Å²) in [5.41, 5.74) is 1.46. The summed E-state index contributed by atoms with van der Waals surface area (Å²) in [5.74, 6) is -1.12. The Bertz CT molecular complexity index is 918. The first-order chi connectivity index (χ1) is 11.2. The Morgan fingerprint density at radius 1 is 1.29 bits per heavy atom. The van der Waals surface area contributed by atoms with E-state index in [0.29, 0.717) is 22.7 Å². The van der Waals surface area contributed by atoms with Gasteiger partial charge in [-0.15, -0.1) is 0 Å². The summed E-state index contributed by atoms with van der Waals surface area (Å²) in [5, 5.41) is 12.4. The summed E-state index contributed by atoms with van der Waals surface area (Å²) >= 11 is 5.92. The molecule has 126 valence electrons. The van der Waals surface area contributed by atoms with Gasteiger partial charge < -0.3 is 15.4 Å². The smallest absolute Gasteiger partial charge is 0.412 e. The second kappa shape index (κ2) is 5.90. The molecule has 3 rings (SSSR count). The van der Waals surface area contributed by atoms with E-state index in [1.165, 1.54) is 18.3 Å². The summed E-state index contributed by atoms with van der Waals surface area (Å²) in [7, 11) is 0. The fourth-order valence-corrected chi connectivity index (χ4v) is 2.83. The molecule has 3 N–H and O–H groups in total. The summed E-state index contributed by atoms with van der Waals surface area (Å²) < 4.78 is 38.2. The average Bonchev–Trinajstić information content (AvgIpc) is 2.87. The predicted octanol–water partition coefficient (Wildman–Crippen LogP) is 2.01. The molecule has 1 aliphatic heterocycles. The molecule has 0 fully saturated rings. The molecule has 2 aromatic rings. The second-order valence-electron chi connectivity index (χ2n) is 5.46. The fraction of sp³-hybridized carbons (Fsp3) is 0.188. The third kappa shape index (κ3) is 3.26. The number of hydrogen-bond acceptors (Lipinski definition) is 2. The van der Waals surface area contributed by atoms with E-state index in [1.807, 2.05) is 0 Å². The lowest BCUT2D eigenvalue weighted by Crippen LogP contribution is -2.45. The number of carboxylic acid groups (broad SMARTS) is 1. The van der Waals surface area contributed by atoms with E-state index >= 15 is 0 Å². The van der Waals surface area contributed by atoms with Crippen LogP contribution in [0.2, 0.25) is 5.02 Å². The van der Waals surface area contributed by atoms with Gasteiger partial charge in [-0.05, 0) is 35.1 Å². The number of aromatic amines is 1. The minimum Gasteiger partial charge on any atom is -0.478 e. The number of aromatic nitrogens is 1. The van der Waals surface area contributed by atoms with Crippen molar-refractivity contribution in [2.45, 2.75) is 18.6 Å². The minimum absolute atomic E-state index is 0.00471. The van der Waals surface area contributed by atoms with Crippen molar-refractivity contribution in [3.63, 3.8) is 0 Å². The number of hydrogen-bond donors (Lipinski definition) is 3. The Hall–Kier alpha value is -2.41. The molecule has 1 unspecified atom stereocenters. The van der Waals surface area contributed by atoms with Gasteiger partial charge in [0.15, 0.2) is 0 Å². The number of alkyl halides is 3. The predicted molar refractivity (Wildman–Crippen MR) is 83.2 cm³/mol. The van der Waals surface area contributed by atoms with E-state index < -0.39 is 18.2 Å². The summed E-state index contributed by atoms with van der Waals surface area (Å²) in [6.45, 7) is 0. The summed E-state index contributed by atoms with van der Waals surface area (Å²) in [6.07, 6.45) is -1.54. The van der Waals surface area contributed by atoms with Crippen molar-refractivity contribution in [2.24, 2.45) is 0 Å². The van der Waals surface area contributed by atoms with Crippen LogP contribution < -0.4 is 15.9 Å². The third-order valence-electron chi connectivity index (χ3n) is 3.70. The molecular formula is C16H12ClF3N2O2. The van der Waals surface area contributed by atoms with Gasteiger partial charge in [0, 0.05) is 18.3 Å². The van der Waals surface area contributed by atoms with Crippen LogP contribution in [0.4, 0.5) is 13.2 Å². The molecule has 1 atom stereocenters. The normalized spacial score (nSPS) is 16.6. The van der Waals surface area contributed by atoms with Crippen LogP contribution >= 0.6 is 11.6 Å². The van der Waals surface area contributed by atoms with Gasteiger partial charge in [0.2, 0.25) is 0 Å². The quantitative estimate of drug-likeness (QED) is 0.788. The highest BCUT2D eigenvalue weighted by atomic mass is 35.5. The monoisotopic (exact) mass is 356 g/mol. The molecule has 4 nitrogen and oxygen atoms in total. The zero-order valence-corrected chi connectivity index (χ0v) is 12.9. The van der Waals surface area contributed by atoms with Crippen LogP contribution in [0.15, 0.2) is 24.3 Å². The highest BCUT2D eigenvalue weighted by Gasteiger charge is 2.38. The van der Waals surface area contributed by atoms with E-state index in [0.717, 1.165) is 11.6 Å². The SMILES string of the molecule is O=C(O)c1ccc(Cc2cc3c([nH]2)=CNC(C(F)(F)F)C=3)cc1Cl. The maximum Gasteiger partial charge on any atom is 0.412 e. The topological polar surface area (TPSA) is 65.1 Å². The number of carboxylic acids is 1. The maximum atomic E-state index is 12.7. The molecule has 0 radical (unpaired) electrons. The van der Waals surface area contributed by atoms with Gasteiger partial charge in [-0.1, -0.05) is 17.7 Å². The Kier molecular flexibility index (Phi) is 4.04. The van der Waals surface area contributed by atoms with Gasteiger partial charge in [-0.2, -0.15) is 13.2 Å². The second-order valence-corrected chi connectivity index (χ2v) is 5.86. The van der Waals surface area contributed by atoms with E-state index in [2.05, 4.69) is 10.3 Å². The highest BCUT2D eigenvalue weighted by molar-refractivity contribution is 6.33. The van der Waals surface area contributed by atoms with Crippen molar-refractivity contribution in [2.75, 3.05) is 0 Å². The molecule has 0 amide bonds. The number of nitrogens with one attached hydrogen (secondary N) is 2. The van der Waals surface area contributed by atoms with Gasteiger partial charge in [0.1, 0.15) is 6.04 Å². The van der Waals surface area contributed by atoms with Crippen LogP contribution in [0.3, 0.4) is 0 Å². The Morgan fingerprint density at radius 2 is 2.04 bits per heavy atom. The van der Waals surface area contributed by atoms with Gasteiger partial charge in [0.25, 0.3) is 0 Å². The first-order valence-corrected chi connectivity index (χ1v) is 7.36. The number of H-pyrrole nitrogens is 1. The Balaban J connectivity index is 1.88. The lowest BCUT2D eigenvalue weighted by Gasteiger charge is -2.18. The molecule has 0 aliphatic carbocycles. The van der Waals surface area contributed by atoms with Gasteiger partial charge >= 0.3 is 12.1 Å². The Labute approximate surface area is 139 Å². The largest absolute Gasteiger partial charge is 0.478 e. The molecule has 24 heavy (non-hydrogen) atoms. The molecule has 2 heterocycles. The van der Waals surface area contributed by atoms with Crippen LogP contribution in [0.25, 0.3) is 12.3 Å². The molecule has 1 aliphatic rings. The summed E-state index contributed by atoms with van der Waals surface area (Å²) in [6, 6.07) is 4.50. The lowest BCUT2D eigenvalue weighted by molar-refractivity contribution is -0.137. The number of fused-ring (bicyclic) bond motifs is 1. The molecule has 1 aromatic heterocycles. The first kappa shape index (κ1) is 16.4. The number of aromatic carboxylic acids is 1. The maximum absolute atomic E-state index is 12.7. The van der Waals surface area contributed by atoms with Gasteiger partial charge in [-0.25, -0.2) is 4.79 Å². The molecule has 1 aromatic carbocycles. The third-order valence-corrected chi connectivity index (χ3v) is 4.01. The van der Waals surface area contributed by atoms with Crippen molar-refractivity contribution in [1.82, 2.24) is 10.3 Å². The standard InChI is InChI=1S/C16H12ClF3N2O2/c17-12-4-8(1-2-11(12)15(23)24)3-10-5-9-6-14(16(18,19)20)21-7-13(9)22-10/h1-2,4-7,14,21-22H,3H2,(H,23,24). The van der Waals surface area contributed by atoms with Crippen LogP contribution in [0.1, 0.15) is 21.6 Å². The molecule has 8 heteroatoms. The zero-order valence-electron chi connectivity index (χ0n) is 12.1. The van der Waals surface area contributed by atoms with Gasteiger partial charge in [0.05, 0.1) is 15.9 Å². The number of rotatable bonds is 3. The van der Waals surface area contributed by atoms with Gasteiger partial charge in [-0.3, -0.25) is 0 Å².